The molecule has 0 heterocycles. The van der Waals surface area contributed by atoms with E-state index in [0.29, 0.717) is 0 Å². The van der Waals surface area contributed by atoms with Gasteiger partial charge in [-0.15, -0.1) is 13.2 Å². The van der Waals surface area contributed by atoms with Crippen molar-refractivity contribution in [1.29, 1.82) is 0 Å². The molecular weight excluding hydrogens is 312 g/mol. The van der Waals surface area contributed by atoms with Crippen LogP contribution in [0.3, 0.4) is 0 Å². The summed E-state index contributed by atoms with van der Waals surface area (Å²) in [6.45, 7) is 0. The molecule has 1 rings (SSSR count). The second-order valence-corrected chi connectivity index (χ2v) is 3.72. The molecule has 0 unspecified atom stereocenters. The van der Waals surface area contributed by atoms with Crippen LogP contribution in [0.5, 0.6) is 5.75 Å². The molecule has 0 saturated carbocycles. The van der Waals surface area contributed by atoms with Crippen molar-refractivity contribution in [3.05, 3.63) is 28.8 Å². The summed E-state index contributed by atoms with van der Waals surface area (Å²) in [4.78, 5) is 11.2. The van der Waals surface area contributed by atoms with Gasteiger partial charge in [-0.05, 0) is 18.2 Å². The Bertz CT molecular complexity index is 406. The van der Waals surface area contributed by atoms with E-state index in [1.54, 1.807) is 0 Å². The Morgan fingerprint density at radius 1 is 1.44 bits per heavy atom. The van der Waals surface area contributed by atoms with Gasteiger partial charge in [0.2, 0.25) is 0 Å². The van der Waals surface area contributed by atoms with Gasteiger partial charge in [-0.1, -0.05) is 27.5 Å². The van der Waals surface area contributed by atoms with Crippen LogP contribution in [0.25, 0.3) is 0 Å². The van der Waals surface area contributed by atoms with Gasteiger partial charge in [0.15, 0.2) is 5.78 Å². The average Bonchev–Trinajstić information content (AvgIpc) is 2.18. The lowest BCUT2D eigenvalue weighted by Gasteiger charge is -2.10. The highest BCUT2D eigenvalue weighted by atomic mass is 79.9. The van der Waals surface area contributed by atoms with E-state index < -0.39 is 12.1 Å². The Labute approximate surface area is 102 Å². The molecule has 0 aliphatic carbocycles. The number of hydrogen-bond donors (Lipinski definition) is 0. The third kappa shape index (κ3) is 3.68. The Morgan fingerprint density at radius 2 is 2.06 bits per heavy atom. The number of rotatable bonds is 3. The first kappa shape index (κ1) is 13.3. The molecule has 1 aromatic rings. The third-order valence-corrected chi connectivity index (χ3v) is 2.41. The molecule has 1 aromatic carbocycles. The molecule has 0 N–H and O–H groups in total. The molecule has 88 valence electrons. The molecule has 0 bridgehead atoms. The van der Waals surface area contributed by atoms with Crippen molar-refractivity contribution in [2.75, 3.05) is 5.33 Å². The van der Waals surface area contributed by atoms with Crippen molar-refractivity contribution in [2.45, 2.75) is 6.36 Å². The summed E-state index contributed by atoms with van der Waals surface area (Å²) in [6.07, 6.45) is -4.80. The fraction of sp³-hybridized carbons (Fsp3) is 0.222. The zero-order chi connectivity index (χ0) is 12.3. The van der Waals surface area contributed by atoms with Crippen LogP contribution in [-0.2, 0) is 0 Å². The van der Waals surface area contributed by atoms with E-state index in [-0.39, 0.29) is 21.7 Å². The van der Waals surface area contributed by atoms with Gasteiger partial charge in [0.1, 0.15) is 5.75 Å². The first-order valence-corrected chi connectivity index (χ1v) is 5.48. The number of ether oxygens (including phenoxy) is 1. The summed E-state index contributed by atoms with van der Waals surface area (Å²) in [7, 11) is 0. The summed E-state index contributed by atoms with van der Waals surface area (Å²) in [5.41, 5.74) is 0.219. The van der Waals surface area contributed by atoms with E-state index in [1.165, 1.54) is 6.07 Å². The van der Waals surface area contributed by atoms with Crippen molar-refractivity contribution >= 4 is 33.3 Å². The smallest absolute Gasteiger partial charge is 0.404 e. The standard InChI is InChI=1S/C9H5BrClF3O2/c10-4-7(15)5-1-2-8(6(11)3-5)16-9(12,13)14/h1-3H,4H2. The molecule has 7 heteroatoms. The van der Waals surface area contributed by atoms with E-state index >= 15 is 0 Å². The van der Waals surface area contributed by atoms with Gasteiger partial charge >= 0.3 is 6.36 Å². The minimum Gasteiger partial charge on any atom is -0.404 e. The van der Waals surface area contributed by atoms with E-state index in [1.807, 2.05) is 0 Å². The molecule has 16 heavy (non-hydrogen) atoms. The molecule has 0 atom stereocenters. The Hall–Kier alpha value is -0.750. The zero-order valence-electron chi connectivity index (χ0n) is 7.65. The van der Waals surface area contributed by atoms with E-state index in [2.05, 4.69) is 20.7 Å². The second kappa shape index (κ2) is 5.05. The Balaban J connectivity index is 2.96. The lowest BCUT2D eigenvalue weighted by molar-refractivity contribution is -0.274. The number of carbonyl (C=O) groups is 1. The van der Waals surface area contributed by atoms with E-state index in [4.69, 9.17) is 11.6 Å². The fourth-order valence-corrected chi connectivity index (χ4v) is 1.50. The van der Waals surface area contributed by atoms with Gasteiger partial charge < -0.3 is 4.74 Å². The lowest BCUT2D eigenvalue weighted by atomic mass is 10.1. The van der Waals surface area contributed by atoms with Gasteiger partial charge in [-0.2, -0.15) is 0 Å². The molecule has 0 spiro atoms. The van der Waals surface area contributed by atoms with Crippen LogP contribution in [-0.4, -0.2) is 17.5 Å². The summed E-state index contributed by atoms with van der Waals surface area (Å²) < 4.78 is 39.3. The SMILES string of the molecule is O=C(CBr)c1ccc(OC(F)(F)F)c(Cl)c1. The molecule has 2 nitrogen and oxygen atoms in total. The van der Waals surface area contributed by atoms with Gasteiger partial charge in [0.05, 0.1) is 10.4 Å². The van der Waals surface area contributed by atoms with Crippen molar-refractivity contribution in [3.8, 4) is 5.75 Å². The van der Waals surface area contributed by atoms with Crippen molar-refractivity contribution < 1.29 is 22.7 Å². The van der Waals surface area contributed by atoms with E-state index in [9.17, 15) is 18.0 Å². The molecule has 0 radical (unpaired) electrons. The summed E-state index contributed by atoms with van der Waals surface area (Å²) in [6, 6.07) is 3.36. The van der Waals surface area contributed by atoms with Crippen molar-refractivity contribution in [3.63, 3.8) is 0 Å². The monoisotopic (exact) mass is 316 g/mol. The third-order valence-electron chi connectivity index (χ3n) is 1.60. The van der Waals surface area contributed by atoms with Crippen LogP contribution in [0.2, 0.25) is 5.02 Å². The predicted octanol–water partition coefficient (Wildman–Crippen LogP) is 3.82. The van der Waals surface area contributed by atoms with Crippen LogP contribution >= 0.6 is 27.5 Å². The van der Waals surface area contributed by atoms with Gasteiger partial charge in [0, 0.05) is 5.56 Å². The van der Waals surface area contributed by atoms with E-state index in [0.717, 1.165) is 12.1 Å². The average molecular weight is 317 g/mol. The number of ketones is 1. The molecule has 0 amide bonds. The normalized spacial score (nSPS) is 11.3. The van der Waals surface area contributed by atoms with Gasteiger partial charge in [-0.25, -0.2) is 0 Å². The zero-order valence-corrected chi connectivity index (χ0v) is 9.99. The summed E-state index contributed by atoms with van der Waals surface area (Å²) >= 11 is 8.48. The lowest BCUT2D eigenvalue weighted by Crippen LogP contribution is -2.17. The number of carbonyl (C=O) groups excluding carboxylic acids is 1. The first-order valence-electron chi connectivity index (χ1n) is 3.98. The van der Waals surface area contributed by atoms with Crippen LogP contribution < -0.4 is 4.74 Å². The highest BCUT2D eigenvalue weighted by molar-refractivity contribution is 9.09. The number of benzene rings is 1. The topological polar surface area (TPSA) is 26.3 Å². The van der Waals surface area contributed by atoms with Crippen LogP contribution in [0.4, 0.5) is 13.2 Å². The maximum Gasteiger partial charge on any atom is 0.573 e. The highest BCUT2D eigenvalue weighted by Gasteiger charge is 2.32. The maximum absolute atomic E-state index is 11.9. The summed E-state index contributed by atoms with van der Waals surface area (Å²) in [5, 5.41) is -0.188. The fourth-order valence-electron chi connectivity index (χ4n) is 0.959. The van der Waals surface area contributed by atoms with Gasteiger partial charge in [0.25, 0.3) is 0 Å². The first-order chi connectivity index (χ1) is 7.33. The van der Waals surface area contributed by atoms with Crippen molar-refractivity contribution in [2.24, 2.45) is 0 Å². The molecule has 0 aliphatic rings. The number of Topliss-reactive ketones (excluding diaryl/α,β-unsaturated/α-hetero) is 1. The van der Waals surface area contributed by atoms with Crippen LogP contribution in [0.1, 0.15) is 10.4 Å². The highest BCUT2D eigenvalue weighted by Crippen LogP contribution is 2.30. The van der Waals surface area contributed by atoms with Gasteiger partial charge in [-0.3, -0.25) is 4.79 Å². The largest absolute Gasteiger partial charge is 0.573 e. The van der Waals surface area contributed by atoms with Crippen molar-refractivity contribution in [1.82, 2.24) is 0 Å². The molecular formula is C9H5BrClF3O2. The molecule has 0 aromatic heterocycles. The van der Waals surface area contributed by atoms with Crippen LogP contribution in [0.15, 0.2) is 18.2 Å². The minimum atomic E-state index is -4.80. The quantitative estimate of drug-likeness (QED) is 0.626. The maximum atomic E-state index is 11.9. The molecule has 0 fully saturated rings. The Morgan fingerprint density at radius 3 is 2.50 bits per heavy atom. The number of halogens is 5. The molecule has 0 aliphatic heterocycles. The number of hydrogen-bond acceptors (Lipinski definition) is 2. The Kier molecular flexibility index (Phi) is 4.21. The predicted molar refractivity (Wildman–Crippen MR) is 56.3 cm³/mol. The second-order valence-electron chi connectivity index (χ2n) is 2.75. The van der Waals surface area contributed by atoms with Crippen LogP contribution in [0, 0.1) is 0 Å². The summed E-state index contributed by atoms with van der Waals surface area (Å²) in [5.74, 6) is -0.805. The molecule has 0 saturated heterocycles. The minimum absolute atomic E-state index is 0.0722. The number of alkyl halides is 4.